The van der Waals surface area contributed by atoms with Crippen LogP contribution in [-0.4, -0.2) is 33.0 Å². The molecule has 1 aromatic rings. The summed E-state index contributed by atoms with van der Waals surface area (Å²) in [5.74, 6) is 2.70. The molecule has 0 spiro atoms. The van der Waals surface area contributed by atoms with Gasteiger partial charge in [-0.2, -0.15) is 11.8 Å². The largest absolute Gasteiger partial charge is 0.312 e. The van der Waals surface area contributed by atoms with Gasteiger partial charge in [-0.25, -0.2) is 13.1 Å². The highest BCUT2D eigenvalue weighted by Crippen LogP contribution is 2.27. The molecule has 1 unspecified atom stereocenters. The van der Waals surface area contributed by atoms with Crippen molar-refractivity contribution in [1.82, 2.24) is 10.0 Å². The molecule has 120 valence electrons. The van der Waals surface area contributed by atoms with Crippen LogP contribution < -0.4 is 10.0 Å². The minimum atomic E-state index is -3.35. The molecule has 0 amide bonds. The lowest BCUT2D eigenvalue weighted by Crippen LogP contribution is -2.28. The van der Waals surface area contributed by atoms with Gasteiger partial charge in [0, 0.05) is 18.0 Å². The van der Waals surface area contributed by atoms with Gasteiger partial charge in [-0.15, -0.1) is 11.3 Å². The molecule has 4 nitrogen and oxygen atoms in total. The Morgan fingerprint density at radius 1 is 1.43 bits per heavy atom. The number of thioether (sulfide) groups is 1. The van der Waals surface area contributed by atoms with Crippen molar-refractivity contribution in [2.75, 3.05) is 24.6 Å². The van der Waals surface area contributed by atoms with Crippen molar-refractivity contribution in [2.24, 2.45) is 5.92 Å². The Hall–Kier alpha value is -0.0800. The minimum absolute atomic E-state index is 0.443. The highest BCUT2D eigenvalue weighted by atomic mass is 32.2. The van der Waals surface area contributed by atoms with Gasteiger partial charge in [0.15, 0.2) is 0 Å². The van der Waals surface area contributed by atoms with Gasteiger partial charge < -0.3 is 5.32 Å². The van der Waals surface area contributed by atoms with E-state index in [-0.39, 0.29) is 0 Å². The Bertz CT molecular complexity index is 549. The molecule has 1 aromatic heterocycles. The van der Waals surface area contributed by atoms with E-state index in [0.717, 1.165) is 47.9 Å². The van der Waals surface area contributed by atoms with E-state index in [9.17, 15) is 8.42 Å². The van der Waals surface area contributed by atoms with Gasteiger partial charge in [-0.3, -0.25) is 0 Å². The number of aryl methyl sites for hydroxylation is 1. The Labute approximate surface area is 136 Å². The smallest absolute Gasteiger partial charge is 0.250 e. The van der Waals surface area contributed by atoms with Crippen molar-refractivity contribution in [3.05, 3.63) is 16.5 Å². The second-order valence-corrected chi connectivity index (χ2v) is 9.71. The lowest BCUT2D eigenvalue weighted by atomic mass is 10.1. The number of nitrogens with one attached hydrogen (secondary N) is 2. The summed E-state index contributed by atoms with van der Waals surface area (Å²) in [6.07, 6.45) is 2.19. The average molecular weight is 349 g/mol. The lowest BCUT2D eigenvalue weighted by Gasteiger charge is -2.09. The first-order valence-corrected chi connectivity index (χ1v) is 10.9. The lowest BCUT2D eigenvalue weighted by molar-refractivity contribution is 0.547. The van der Waals surface area contributed by atoms with Crippen molar-refractivity contribution in [1.29, 1.82) is 0 Å². The third-order valence-corrected chi connectivity index (χ3v) is 7.93. The molecule has 0 aromatic carbocycles. The average Bonchev–Trinajstić information content (AvgIpc) is 3.07. The van der Waals surface area contributed by atoms with Crippen molar-refractivity contribution in [2.45, 2.75) is 37.4 Å². The molecule has 0 aliphatic carbocycles. The van der Waals surface area contributed by atoms with Crippen LogP contribution in [-0.2, 0) is 16.6 Å². The van der Waals surface area contributed by atoms with Crippen molar-refractivity contribution in [3.8, 4) is 0 Å². The zero-order chi connectivity index (χ0) is 15.3. The van der Waals surface area contributed by atoms with E-state index in [1.807, 2.05) is 18.7 Å². The first-order valence-electron chi connectivity index (χ1n) is 7.40. The summed E-state index contributed by atoms with van der Waals surface area (Å²) in [5.41, 5.74) is 1.06. The quantitative estimate of drug-likeness (QED) is 0.709. The molecule has 1 fully saturated rings. The summed E-state index contributed by atoms with van der Waals surface area (Å²) in [7, 11) is -3.35. The van der Waals surface area contributed by atoms with Gasteiger partial charge in [-0.1, -0.05) is 6.92 Å². The number of rotatable bonds is 8. The second kappa shape index (κ2) is 7.97. The Kier molecular flexibility index (Phi) is 6.55. The summed E-state index contributed by atoms with van der Waals surface area (Å²) in [6.45, 7) is 6.37. The maximum Gasteiger partial charge on any atom is 0.250 e. The summed E-state index contributed by atoms with van der Waals surface area (Å²) in [6, 6.07) is 1.79. The van der Waals surface area contributed by atoms with E-state index in [1.165, 1.54) is 11.3 Å². The van der Waals surface area contributed by atoms with Crippen LogP contribution in [0.3, 0.4) is 0 Å². The Morgan fingerprint density at radius 3 is 2.90 bits per heavy atom. The second-order valence-electron chi connectivity index (χ2n) is 5.43. The molecular formula is C14H24N2O2S3. The van der Waals surface area contributed by atoms with Gasteiger partial charge in [-0.05, 0) is 55.4 Å². The molecule has 7 heteroatoms. The van der Waals surface area contributed by atoms with E-state index in [1.54, 1.807) is 6.07 Å². The van der Waals surface area contributed by atoms with Gasteiger partial charge in [0.25, 0.3) is 0 Å². The first-order chi connectivity index (χ1) is 10.0. The maximum atomic E-state index is 12.4. The van der Waals surface area contributed by atoms with Crippen LogP contribution in [0.2, 0.25) is 0 Å². The summed E-state index contributed by atoms with van der Waals surface area (Å²) in [4.78, 5) is 1.11. The molecule has 2 rings (SSSR count). The SMILES string of the molecule is CCCNCc1sc(S(=O)(=O)NCC2CCSC2)cc1C. The number of hydrogen-bond acceptors (Lipinski definition) is 5. The van der Waals surface area contributed by atoms with Crippen LogP contribution in [0, 0.1) is 12.8 Å². The van der Waals surface area contributed by atoms with Crippen molar-refractivity contribution < 1.29 is 8.42 Å². The Morgan fingerprint density at radius 2 is 2.24 bits per heavy atom. The molecule has 2 N–H and O–H groups in total. The van der Waals surface area contributed by atoms with E-state index >= 15 is 0 Å². The monoisotopic (exact) mass is 348 g/mol. The number of hydrogen-bond donors (Lipinski definition) is 2. The Balaban J connectivity index is 1.96. The summed E-state index contributed by atoms with van der Waals surface area (Å²) in [5, 5.41) is 3.33. The molecule has 0 radical (unpaired) electrons. The van der Waals surface area contributed by atoms with Gasteiger partial charge in [0.2, 0.25) is 10.0 Å². The predicted molar refractivity (Wildman–Crippen MR) is 91.7 cm³/mol. The van der Waals surface area contributed by atoms with E-state index in [2.05, 4.69) is 17.0 Å². The molecule has 1 saturated heterocycles. The van der Waals surface area contributed by atoms with Crippen LogP contribution in [0.15, 0.2) is 10.3 Å². The van der Waals surface area contributed by atoms with Gasteiger partial charge in [0.1, 0.15) is 4.21 Å². The molecule has 0 saturated carbocycles. The minimum Gasteiger partial charge on any atom is -0.312 e. The third-order valence-electron chi connectivity index (χ3n) is 3.56. The number of thiophene rings is 1. The van der Waals surface area contributed by atoms with Crippen LogP contribution in [0.4, 0.5) is 0 Å². The van der Waals surface area contributed by atoms with Gasteiger partial charge in [0.05, 0.1) is 0 Å². The maximum absolute atomic E-state index is 12.4. The fourth-order valence-corrected chi connectivity index (χ4v) is 6.22. The molecule has 0 bridgehead atoms. The molecule has 1 atom stereocenters. The molecule has 2 heterocycles. The van der Waals surface area contributed by atoms with Crippen LogP contribution in [0.1, 0.15) is 30.2 Å². The predicted octanol–water partition coefficient (Wildman–Crippen LogP) is 2.59. The van der Waals surface area contributed by atoms with E-state index in [4.69, 9.17) is 0 Å². The molecule has 21 heavy (non-hydrogen) atoms. The molecule has 1 aliphatic rings. The van der Waals surface area contributed by atoms with Gasteiger partial charge >= 0.3 is 0 Å². The molecular weight excluding hydrogens is 324 g/mol. The fraction of sp³-hybridized carbons (Fsp3) is 0.714. The highest BCUT2D eigenvalue weighted by Gasteiger charge is 2.22. The summed E-state index contributed by atoms with van der Waals surface area (Å²) < 4.78 is 27.9. The topological polar surface area (TPSA) is 58.2 Å². The van der Waals surface area contributed by atoms with E-state index < -0.39 is 10.0 Å². The van der Waals surface area contributed by atoms with Crippen LogP contribution in [0.25, 0.3) is 0 Å². The number of sulfonamides is 1. The first kappa shape index (κ1) is 17.3. The highest BCUT2D eigenvalue weighted by molar-refractivity contribution is 7.99. The fourth-order valence-electron chi connectivity index (χ4n) is 2.22. The zero-order valence-electron chi connectivity index (χ0n) is 12.6. The third kappa shape index (κ3) is 4.96. The van der Waals surface area contributed by atoms with Crippen LogP contribution >= 0.6 is 23.1 Å². The summed E-state index contributed by atoms with van der Waals surface area (Å²) >= 11 is 3.29. The standard InChI is InChI=1S/C14H24N2O2S3/c1-3-5-15-9-13-11(2)7-14(20-13)21(17,18)16-8-12-4-6-19-10-12/h7,12,15-16H,3-6,8-10H2,1-2H3. The normalized spacial score (nSPS) is 19.2. The zero-order valence-corrected chi connectivity index (χ0v) is 15.1. The van der Waals surface area contributed by atoms with Crippen LogP contribution in [0.5, 0.6) is 0 Å². The van der Waals surface area contributed by atoms with E-state index in [0.29, 0.717) is 16.7 Å². The van der Waals surface area contributed by atoms with Crippen molar-refractivity contribution in [3.63, 3.8) is 0 Å². The molecule has 1 aliphatic heterocycles. The van der Waals surface area contributed by atoms with Crippen molar-refractivity contribution >= 4 is 33.1 Å².